The highest BCUT2D eigenvalue weighted by Gasteiger charge is 2.09. The lowest BCUT2D eigenvalue weighted by Crippen LogP contribution is -2.18. The summed E-state index contributed by atoms with van der Waals surface area (Å²) in [4.78, 5) is 12.2. The second kappa shape index (κ2) is 9.05. The van der Waals surface area contributed by atoms with E-state index in [0.29, 0.717) is 28.6 Å². The summed E-state index contributed by atoms with van der Waals surface area (Å²) in [6.45, 7) is 0.536. The molecule has 0 aliphatic rings. The molecule has 28 heavy (non-hydrogen) atoms. The van der Waals surface area contributed by atoms with E-state index in [2.05, 4.69) is 15.6 Å². The van der Waals surface area contributed by atoms with Crippen molar-refractivity contribution in [2.75, 3.05) is 14.2 Å². The van der Waals surface area contributed by atoms with Gasteiger partial charge >= 0.3 is 0 Å². The van der Waals surface area contributed by atoms with E-state index < -0.39 is 5.91 Å². The van der Waals surface area contributed by atoms with Gasteiger partial charge in [0.1, 0.15) is 11.5 Å². The fourth-order valence-electron chi connectivity index (χ4n) is 2.51. The van der Waals surface area contributed by atoms with Gasteiger partial charge in [0.15, 0.2) is 5.69 Å². The van der Waals surface area contributed by atoms with Crippen molar-refractivity contribution in [1.29, 1.82) is 0 Å². The second-order valence-electron chi connectivity index (χ2n) is 5.83. The van der Waals surface area contributed by atoms with Gasteiger partial charge in [-0.25, -0.2) is 5.43 Å². The molecule has 0 fully saturated rings. The number of carbonyl (C=O) groups is 1. The molecule has 0 saturated carbocycles. The number of nitrogens with zero attached hydrogens (tertiary/aromatic N) is 3. The number of rotatable bonds is 7. The smallest absolute Gasteiger partial charge is 0.291 e. The molecule has 1 amide bonds. The maximum absolute atomic E-state index is 12.2. The molecule has 0 bridgehead atoms. The number of hydrogen-bond donors (Lipinski definition) is 1. The Labute approximate surface area is 167 Å². The maximum atomic E-state index is 12.2. The molecular formula is C20H19ClN4O3. The van der Waals surface area contributed by atoms with Gasteiger partial charge < -0.3 is 9.47 Å². The normalized spacial score (nSPS) is 10.8. The highest BCUT2D eigenvalue weighted by molar-refractivity contribution is 6.30. The van der Waals surface area contributed by atoms with Crippen molar-refractivity contribution in [3.63, 3.8) is 0 Å². The molecule has 3 rings (SSSR count). The number of ether oxygens (including phenoxy) is 2. The summed E-state index contributed by atoms with van der Waals surface area (Å²) in [6, 6.07) is 14.4. The molecule has 1 N–H and O–H groups in total. The van der Waals surface area contributed by atoms with Gasteiger partial charge in [-0.15, -0.1) is 0 Å². The van der Waals surface area contributed by atoms with Gasteiger partial charge in [0.25, 0.3) is 5.91 Å². The molecule has 3 aromatic rings. The van der Waals surface area contributed by atoms with E-state index in [1.54, 1.807) is 49.4 Å². The standard InChI is InChI=1S/C20H19ClN4O3/c1-27-17-7-8-19(28-2)15(11-17)12-22-23-20(26)18-9-10-25(24-18)13-14-3-5-16(21)6-4-14/h3-12H,13H2,1-2H3,(H,23,26)/b22-12+. The lowest BCUT2D eigenvalue weighted by molar-refractivity contribution is 0.0949. The van der Waals surface area contributed by atoms with Crippen LogP contribution < -0.4 is 14.9 Å². The number of methoxy groups -OCH3 is 2. The minimum Gasteiger partial charge on any atom is -0.497 e. The van der Waals surface area contributed by atoms with Crippen LogP contribution in [0.2, 0.25) is 5.02 Å². The molecule has 2 aromatic carbocycles. The fraction of sp³-hybridized carbons (Fsp3) is 0.150. The Hall–Kier alpha value is -3.32. The Balaban J connectivity index is 1.63. The predicted octanol–water partition coefficient (Wildman–Crippen LogP) is 3.37. The lowest BCUT2D eigenvalue weighted by Gasteiger charge is -2.06. The van der Waals surface area contributed by atoms with Crippen molar-refractivity contribution in [1.82, 2.24) is 15.2 Å². The third-order valence-corrected chi connectivity index (χ3v) is 4.19. The average Bonchev–Trinajstić information content (AvgIpc) is 3.18. The van der Waals surface area contributed by atoms with Gasteiger partial charge in [0, 0.05) is 16.8 Å². The van der Waals surface area contributed by atoms with Crippen LogP contribution in [0.3, 0.4) is 0 Å². The van der Waals surface area contributed by atoms with Crippen molar-refractivity contribution in [2.45, 2.75) is 6.54 Å². The average molecular weight is 399 g/mol. The third-order valence-electron chi connectivity index (χ3n) is 3.94. The van der Waals surface area contributed by atoms with Crippen LogP contribution in [0.4, 0.5) is 0 Å². The Morgan fingerprint density at radius 3 is 2.68 bits per heavy atom. The van der Waals surface area contributed by atoms with Crippen molar-refractivity contribution in [2.24, 2.45) is 5.10 Å². The summed E-state index contributed by atoms with van der Waals surface area (Å²) in [5.74, 6) is 0.869. The van der Waals surface area contributed by atoms with E-state index in [0.717, 1.165) is 5.56 Å². The molecule has 1 aromatic heterocycles. The monoisotopic (exact) mass is 398 g/mol. The Kier molecular flexibility index (Phi) is 6.29. The molecule has 8 heteroatoms. The van der Waals surface area contributed by atoms with Crippen molar-refractivity contribution >= 4 is 23.7 Å². The summed E-state index contributed by atoms with van der Waals surface area (Å²) in [7, 11) is 3.13. The number of hydrogen-bond acceptors (Lipinski definition) is 5. The minimum absolute atomic E-state index is 0.267. The van der Waals surface area contributed by atoms with Crippen LogP contribution in [-0.4, -0.2) is 36.1 Å². The number of benzene rings is 2. The molecule has 0 unspecified atom stereocenters. The number of halogens is 1. The minimum atomic E-state index is -0.409. The van der Waals surface area contributed by atoms with E-state index in [-0.39, 0.29) is 5.69 Å². The SMILES string of the molecule is COc1ccc(OC)c(/C=N/NC(=O)c2ccn(Cc3ccc(Cl)cc3)n2)c1. The predicted molar refractivity (Wildman–Crippen MR) is 107 cm³/mol. The Morgan fingerprint density at radius 2 is 1.96 bits per heavy atom. The van der Waals surface area contributed by atoms with Crippen LogP contribution in [0.25, 0.3) is 0 Å². The molecule has 0 spiro atoms. The second-order valence-corrected chi connectivity index (χ2v) is 6.27. The van der Waals surface area contributed by atoms with Crippen LogP contribution in [0.1, 0.15) is 21.6 Å². The van der Waals surface area contributed by atoms with E-state index in [4.69, 9.17) is 21.1 Å². The van der Waals surface area contributed by atoms with E-state index in [1.807, 2.05) is 24.3 Å². The molecule has 0 aliphatic carbocycles. The number of nitrogens with one attached hydrogen (secondary N) is 1. The molecule has 0 radical (unpaired) electrons. The number of hydrazone groups is 1. The van der Waals surface area contributed by atoms with Crippen molar-refractivity contribution in [3.05, 3.63) is 76.6 Å². The molecular weight excluding hydrogens is 380 g/mol. The molecule has 0 aliphatic heterocycles. The summed E-state index contributed by atoms with van der Waals surface area (Å²) in [5.41, 5.74) is 4.44. The maximum Gasteiger partial charge on any atom is 0.291 e. The van der Waals surface area contributed by atoms with E-state index >= 15 is 0 Å². The van der Waals surface area contributed by atoms with Crippen LogP contribution >= 0.6 is 11.6 Å². The van der Waals surface area contributed by atoms with Crippen LogP contribution in [0.15, 0.2) is 59.8 Å². The first-order valence-electron chi connectivity index (χ1n) is 8.42. The highest BCUT2D eigenvalue weighted by atomic mass is 35.5. The van der Waals surface area contributed by atoms with Crippen LogP contribution in [-0.2, 0) is 6.54 Å². The summed E-state index contributed by atoms with van der Waals surface area (Å²) in [6.07, 6.45) is 3.22. The third kappa shape index (κ3) is 4.89. The van der Waals surface area contributed by atoms with Gasteiger partial charge in [-0.2, -0.15) is 10.2 Å². The topological polar surface area (TPSA) is 77.7 Å². The first-order valence-corrected chi connectivity index (χ1v) is 8.80. The summed E-state index contributed by atoms with van der Waals surface area (Å²) < 4.78 is 12.1. The number of aromatic nitrogens is 2. The zero-order chi connectivity index (χ0) is 19.9. The lowest BCUT2D eigenvalue weighted by atomic mass is 10.2. The molecule has 7 nitrogen and oxygen atoms in total. The van der Waals surface area contributed by atoms with Gasteiger partial charge in [0.05, 0.1) is 27.0 Å². The van der Waals surface area contributed by atoms with Gasteiger partial charge in [-0.3, -0.25) is 9.48 Å². The van der Waals surface area contributed by atoms with Crippen molar-refractivity contribution in [3.8, 4) is 11.5 Å². The van der Waals surface area contributed by atoms with Gasteiger partial charge in [-0.05, 0) is 42.0 Å². The molecule has 1 heterocycles. The molecule has 0 atom stereocenters. The summed E-state index contributed by atoms with van der Waals surface area (Å²) in [5, 5.41) is 8.92. The Bertz CT molecular complexity index is 983. The fourth-order valence-corrected chi connectivity index (χ4v) is 2.63. The zero-order valence-electron chi connectivity index (χ0n) is 15.4. The molecule has 0 saturated heterocycles. The van der Waals surface area contributed by atoms with Gasteiger partial charge in [-0.1, -0.05) is 23.7 Å². The first-order chi connectivity index (χ1) is 13.6. The summed E-state index contributed by atoms with van der Waals surface area (Å²) >= 11 is 5.89. The van der Waals surface area contributed by atoms with E-state index in [9.17, 15) is 4.79 Å². The number of amides is 1. The number of carbonyl (C=O) groups excluding carboxylic acids is 1. The highest BCUT2D eigenvalue weighted by Crippen LogP contribution is 2.22. The quantitative estimate of drug-likeness (QED) is 0.489. The first kappa shape index (κ1) is 19.4. The zero-order valence-corrected chi connectivity index (χ0v) is 16.2. The van der Waals surface area contributed by atoms with Crippen LogP contribution in [0, 0.1) is 0 Å². The van der Waals surface area contributed by atoms with Crippen molar-refractivity contribution < 1.29 is 14.3 Å². The van der Waals surface area contributed by atoms with Crippen LogP contribution in [0.5, 0.6) is 11.5 Å². The Morgan fingerprint density at radius 1 is 1.18 bits per heavy atom. The van der Waals surface area contributed by atoms with Gasteiger partial charge in [0.2, 0.25) is 0 Å². The van der Waals surface area contributed by atoms with E-state index in [1.165, 1.54) is 6.21 Å². The molecule has 144 valence electrons. The largest absolute Gasteiger partial charge is 0.497 e.